The van der Waals surface area contributed by atoms with Crippen LogP contribution < -0.4 is 0 Å². The average Bonchev–Trinajstić information content (AvgIpc) is 2.97. The zero-order valence-electron chi connectivity index (χ0n) is 13.6. The van der Waals surface area contributed by atoms with E-state index in [1.807, 2.05) is 29.4 Å². The molecule has 1 aliphatic rings. The number of likely N-dealkylation sites (N-methyl/N-ethyl adjacent to an activating group) is 1. The topological polar surface area (TPSA) is 41.4 Å². The Morgan fingerprint density at radius 2 is 1.95 bits per heavy atom. The van der Waals surface area contributed by atoms with Crippen molar-refractivity contribution in [2.45, 2.75) is 26.8 Å². The third-order valence-electron chi connectivity index (χ3n) is 4.48. The highest BCUT2D eigenvalue weighted by atomic mass is 16.2. The SMILES string of the molecule is CCN1CCN(C(=O)c2ccc3c(c2)ncn3C(C)C)CC1. The number of carbonyl (C=O) groups is 1. The number of fused-ring (bicyclic) bond motifs is 1. The summed E-state index contributed by atoms with van der Waals surface area (Å²) in [4.78, 5) is 21.4. The summed E-state index contributed by atoms with van der Waals surface area (Å²) in [6, 6.07) is 6.23. The molecule has 1 aliphatic heterocycles. The van der Waals surface area contributed by atoms with Gasteiger partial charge in [0.15, 0.2) is 0 Å². The zero-order valence-corrected chi connectivity index (χ0v) is 13.6. The van der Waals surface area contributed by atoms with Crippen molar-refractivity contribution in [3.8, 4) is 0 Å². The van der Waals surface area contributed by atoms with E-state index in [-0.39, 0.29) is 5.91 Å². The number of amides is 1. The van der Waals surface area contributed by atoms with Crippen LogP contribution in [0.5, 0.6) is 0 Å². The van der Waals surface area contributed by atoms with Gasteiger partial charge < -0.3 is 14.4 Å². The van der Waals surface area contributed by atoms with Gasteiger partial charge in [-0.15, -0.1) is 0 Å². The van der Waals surface area contributed by atoms with E-state index in [0.29, 0.717) is 6.04 Å². The Labute approximate surface area is 131 Å². The van der Waals surface area contributed by atoms with Crippen LogP contribution in [0, 0.1) is 0 Å². The second-order valence-corrected chi connectivity index (χ2v) is 6.18. The fourth-order valence-electron chi connectivity index (χ4n) is 3.03. The van der Waals surface area contributed by atoms with Gasteiger partial charge in [0.25, 0.3) is 5.91 Å². The summed E-state index contributed by atoms with van der Waals surface area (Å²) in [5.74, 6) is 0.122. The Hall–Kier alpha value is -1.88. The number of hydrogen-bond acceptors (Lipinski definition) is 3. The highest BCUT2D eigenvalue weighted by Crippen LogP contribution is 2.20. The van der Waals surface area contributed by atoms with E-state index in [1.165, 1.54) is 0 Å². The monoisotopic (exact) mass is 300 g/mol. The quantitative estimate of drug-likeness (QED) is 0.874. The van der Waals surface area contributed by atoms with E-state index in [4.69, 9.17) is 0 Å². The van der Waals surface area contributed by atoms with Gasteiger partial charge in [-0.2, -0.15) is 0 Å². The average molecular weight is 300 g/mol. The molecule has 1 saturated heterocycles. The molecule has 0 atom stereocenters. The number of imidazole rings is 1. The van der Waals surface area contributed by atoms with E-state index < -0.39 is 0 Å². The van der Waals surface area contributed by atoms with Gasteiger partial charge in [0.1, 0.15) is 0 Å². The van der Waals surface area contributed by atoms with Gasteiger partial charge in [-0.25, -0.2) is 4.98 Å². The van der Waals surface area contributed by atoms with Crippen molar-refractivity contribution >= 4 is 16.9 Å². The van der Waals surface area contributed by atoms with Crippen LogP contribution in [0.15, 0.2) is 24.5 Å². The maximum Gasteiger partial charge on any atom is 0.254 e. The third kappa shape index (κ3) is 2.73. The van der Waals surface area contributed by atoms with E-state index >= 15 is 0 Å². The molecule has 0 bridgehead atoms. The molecule has 0 aliphatic carbocycles. The van der Waals surface area contributed by atoms with Crippen LogP contribution in [0.2, 0.25) is 0 Å². The second kappa shape index (κ2) is 6.08. The molecule has 1 fully saturated rings. The van der Waals surface area contributed by atoms with Crippen molar-refractivity contribution in [2.24, 2.45) is 0 Å². The molecule has 118 valence electrons. The van der Waals surface area contributed by atoms with Gasteiger partial charge in [0.2, 0.25) is 0 Å². The molecule has 0 saturated carbocycles. The number of carbonyl (C=O) groups excluding carboxylic acids is 1. The molecule has 5 heteroatoms. The molecule has 1 amide bonds. The lowest BCUT2D eigenvalue weighted by Gasteiger charge is -2.34. The largest absolute Gasteiger partial charge is 0.336 e. The predicted octanol–water partition coefficient (Wildman–Crippen LogP) is 2.39. The Morgan fingerprint density at radius 3 is 2.59 bits per heavy atom. The van der Waals surface area contributed by atoms with Crippen LogP contribution >= 0.6 is 0 Å². The molecule has 0 spiro atoms. The van der Waals surface area contributed by atoms with Crippen LogP contribution in [0.3, 0.4) is 0 Å². The van der Waals surface area contributed by atoms with Gasteiger partial charge in [-0.05, 0) is 38.6 Å². The standard InChI is InChI=1S/C17H24N4O/c1-4-19-7-9-20(10-8-19)17(22)14-5-6-16-15(11-14)18-12-21(16)13(2)3/h5-6,11-13H,4,7-10H2,1-3H3. The molecule has 2 aromatic rings. The highest BCUT2D eigenvalue weighted by molar-refractivity contribution is 5.97. The van der Waals surface area contributed by atoms with E-state index in [1.54, 1.807) is 0 Å². The van der Waals surface area contributed by atoms with Crippen molar-refractivity contribution in [3.63, 3.8) is 0 Å². The third-order valence-corrected chi connectivity index (χ3v) is 4.48. The van der Waals surface area contributed by atoms with Crippen LogP contribution in [0.4, 0.5) is 0 Å². The summed E-state index contributed by atoms with van der Waals surface area (Å²) in [6.07, 6.45) is 1.85. The maximum absolute atomic E-state index is 12.7. The Balaban J connectivity index is 1.80. The van der Waals surface area contributed by atoms with E-state index in [2.05, 4.69) is 35.2 Å². The second-order valence-electron chi connectivity index (χ2n) is 6.18. The minimum atomic E-state index is 0.122. The van der Waals surface area contributed by atoms with Gasteiger partial charge in [-0.3, -0.25) is 4.79 Å². The van der Waals surface area contributed by atoms with Crippen molar-refractivity contribution < 1.29 is 4.79 Å². The Bertz CT molecular complexity index is 668. The lowest BCUT2D eigenvalue weighted by atomic mass is 10.1. The highest BCUT2D eigenvalue weighted by Gasteiger charge is 2.21. The summed E-state index contributed by atoms with van der Waals surface area (Å²) in [5, 5.41) is 0. The first kappa shape index (κ1) is 15.0. The van der Waals surface area contributed by atoms with E-state index in [0.717, 1.165) is 49.3 Å². The predicted molar refractivity (Wildman–Crippen MR) is 88.1 cm³/mol. The molecule has 3 rings (SSSR count). The number of hydrogen-bond donors (Lipinski definition) is 0. The Kier molecular flexibility index (Phi) is 4.16. The summed E-state index contributed by atoms with van der Waals surface area (Å²) in [5.41, 5.74) is 2.72. The molecule has 0 radical (unpaired) electrons. The summed E-state index contributed by atoms with van der Waals surface area (Å²) in [6.45, 7) is 11.0. The molecule has 22 heavy (non-hydrogen) atoms. The molecular weight excluding hydrogens is 276 g/mol. The minimum absolute atomic E-state index is 0.122. The first-order valence-corrected chi connectivity index (χ1v) is 8.08. The summed E-state index contributed by atoms with van der Waals surface area (Å²) in [7, 11) is 0. The number of nitrogens with zero attached hydrogens (tertiary/aromatic N) is 4. The lowest BCUT2D eigenvalue weighted by Crippen LogP contribution is -2.48. The molecular formula is C17H24N4O. The molecule has 1 aromatic carbocycles. The molecule has 0 N–H and O–H groups in total. The van der Waals surface area contributed by atoms with Gasteiger partial charge >= 0.3 is 0 Å². The fraction of sp³-hybridized carbons (Fsp3) is 0.529. The van der Waals surface area contributed by atoms with Crippen LogP contribution in [0.1, 0.15) is 37.2 Å². The lowest BCUT2D eigenvalue weighted by molar-refractivity contribution is 0.0643. The first-order chi connectivity index (χ1) is 10.6. The number of piperazine rings is 1. The Morgan fingerprint density at radius 1 is 1.23 bits per heavy atom. The first-order valence-electron chi connectivity index (χ1n) is 8.08. The molecule has 1 aromatic heterocycles. The molecule has 2 heterocycles. The zero-order chi connectivity index (χ0) is 15.7. The summed E-state index contributed by atoms with van der Waals surface area (Å²) < 4.78 is 2.13. The number of benzene rings is 1. The minimum Gasteiger partial charge on any atom is -0.336 e. The van der Waals surface area contributed by atoms with Crippen molar-refractivity contribution in [1.29, 1.82) is 0 Å². The van der Waals surface area contributed by atoms with Crippen LogP contribution in [0.25, 0.3) is 11.0 Å². The smallest absolute Gasteiger partial charge is 0.254 e. The number of aromatic nitrogens is 2. The summed E-state index contributed by atoms with van der Waals surface area (Å²) >= 11 is 0. The van der Waals surface area contributed by atoms with Gasteiger partial charge in [0, 0.05) is 37.8 Å². The fourth-order valence-corrected chi connectivity index (χ4v) is 3.03. The van der Waals surface area contributed by atoms with E-state index in [9.17, 15) is 4.79 Å². The van der Waals surface area contributed by atoms with Crippen LogP contribution in [-0.2, 0) is 0 Å². The van der Waals surface area contributed by atoms with Gasteiger partial charge in [0.05, 0.1) is 17.4 Å². The van der Waals surface area contributed by atoms with Gasteiger partial charge in [-0.1, -0.05) is 6.92 Å². The maximum atomic E-state index is 12.7. The normalized spacial score (nSPS) is 16.6. The van der Waals surface area contributed by atoms with Crippen molar-refractivity contribution in [2.75, 3.05) is 32.7 Å². The van der Waals surface area contributed by atoms with Crippen LogP contribution in [-0.4, -0.2) is 58.0 Å². The molecule has 5 nitrogen and oxygen atoms in total. The van der Waals surface area contributed by atoms with Crippen molar-refractivity contribution in [3.05, 3.63) is 30.1 Å². The molecule has 0 unspecified atom stereocenters. The van der Waals surface area contributed by atoms with Crippen molar-refractivity contribution in [1.82, 2.24) is 19.4 Å². The number of rotatable bonds is 3.